The lowest BCUT2D eigenvalue weighted by atomic mass is 9.93. The maximum atomic E-state index is 12.5. The predicted octanol–water partition coefficient (Wildman–Crippen LogP) is 2.45. The van der Waals surface area contributed by atoms with Gasteiger partial charge in [0.2, 0.25) is 5.89 Å². The van der Waals surface area contributed by atoms with E-state index in [9.17, 15) is 4.79 Å². The van der Waals surface area contributed by atoms with Crippen molar-refractivity contribution in [3.8, 4) is 0 Å². The standard InChI is InChI=1S/C19H24N4O3/c24-19(16-3-1-2-8-20-16)23-9-4-14(5-10-23)13-17-21-18(22-26-17)15-6-11-25-12-7-15/h1-3,8,14-15H,4-7,9-13H2. The molecule has 0 aliphatic carbocycles. The van der Waals surface area contributed by atoms with Crippen LogP contribution < -0.4 is 0 Å². The highest BCUT2D eigenvalue weighted by molar-refractivity contribution is 5.92. The highest BCUT2D eigenvalue weighted by atomic mass is 16.5. The third-order valence-electron chi connectivity index (χ3n) is 5.32. The highest BCUT2D eigenvalue weighted by Gasteiger charge is 2.27. The van der Waals surface area contributed by atoms with Crippen molar-refractivity contribution in [2.75, 3.05) is 26.3 Å². The van der Waals surface area contributed by atoms with E-state index in [0.717, 1.165) is 70.1 Å². The van der Waals surface area contributed by atoms with Gasteiger partial charge in [0.15, 0.2) is 5.82 Å². The number of nitrogens with zero attached hydrogens (tertiary/aromatic N) is 4. The summed E-state index contributed by atoms with van der Waals surface area (Å²) < 4.78 is 10.9. The second-order valence-corrected chi connectivity index (χ2v) is 7.09. The second-order valence-electron chi connectivity index (χ2n) is 7.09. The molecule has 2 aromatic rings. The maximum absolute atomic E-state index is 12.5. The summed E-state index contributed by atoms with van der Waals surface area (Å²) in [5.41, 5.74) is 0.518. The van der Waals surface area contributed by atoms with E-state index in [0.29, 0.717) is 17.5 Å². The van der Waals surface area contributed by atoms with Crippen molar-refractivity contribution >= 4 is 5.91 Å². The lowest BCUT2D eigenvalue weighted by Gasteiger charge is -2.31. The predicted molar refractivity (Wildman–Crippen MR) is 93.7 cm³/mol. The van der Waals surface area contributed by atoms with E-state index in [1.165, 1.54) is 0 Å². The van der Waals surface area contributed by atoms with Crippen LogP contribution in [0.3, 0.4) is 0 Å². The van der Waals surface area contributed by atoms with Gasteiger partial charge >= 0.3 is 0 Å². The molecule has 7 nitrogen and oxygen atoms in total. The van der Waals surface area contributed by atoms with Gasteiger partial charge in [-0.2, -0.15) is 4.98 Å². The Bertz CT molecular complexity index is 719. The zero-order valence-corrected chi connectivity index (χ0v) is 14.8. The average Bonchev–Trinajstić information content (AvgIpc) is 3.18. The number of rotatable bonds is 4. The molecule has 0 saturated carbocycles. The van der Waals surface area contributed by atoms with E-state index in [1.807, 2.05) is 17.0 Å². The molecule has 0 bridgehead atoms. The SMILES string of the molecule is O=C(c1ccccn1)N1CCC(Cc2nc(C3CCOCC3)no2)CC1. The summed E-state index contributed by atoms with van der Waals surface area (Å²) in [4.78, 5) is 23.1. The van der Waals surface area contributed by atoms with Gasteiger partial charge in [0.05, 0.1) is 0 Å². The van der Waals surface area contributed by atoms with E-state index < -0.39 is 0 Å². The zero-order chi connectivity index (χ0) is 17.8. The molecule has 7 heteroatoms. The quantitative estimate of drug-likeness (QED) is 0.837. The number of pyridine rings is 1. The maximum Gasteiger partial charge on any atom is 0.272 e. The Kier molecular flexibility index (Phi) is 5.24. The minimum Gasteiger partial charge on any atom is -0.381 e. The summed E-state index contributed by atoms with van der Waals surface area (Å²) in [6, 6.07) is 5.44. The number of piperidine rings is 1. The number of carbonyl (C=O) groups excluding carboxylic acids is 1. The Morgan fingerprint density at radius 1 is 1.15 bits per heavy atom. The van der Waals surface area contributed by atoms with Gasteiger partial charge in [-0.3, -0.25) is 9.78 Å². The number of carbonyl (C=O) groups is 1. The number of ether oxygens (including phenoxy) is 1. The molecule has 138 valence electrons. The normalized spacial score (nSPS) is 19.6. The number of hydrogen-bond acceptors (Lipinski definition) is 6. The molecule has 2 fully saturated rings. The van der Waals surface area contributed by atoms with Gasteiger partial charge in [-0.25, -0.2) is 0 Å². The van der Waals surface area contributed by atoms with E-state index in [1.54, 1.807) is 12.3 Å². The van der Waals surface area contributed by atoms with Gasteiger partial charge in [-0.15, -0.1) is 0 Å². The molecule has 0 spiro atoms. The molecule has 2 aliphatic heterocycles. The van der Waals surface area contributed by atoms with Crippen molar-refractivity contribution in [3.05, 3.63) is 41.8 Å². The third-order valence-corrected chi connectivity index (χ3v) is 5.32. The van der Waals surface area contributed by atoms with Crippen LogP contribution in [0.4, 0.5) is 0 Å². The van der Waals surface area contributed by atoms with Gasteiger partial charge in [0.1, 0.15) is 5.69 Å². The molecule has 0 radical (unpaired) electrons. The summed E-state index contributed by atoms with van der Waals surface area (Å²) in [5, 5.41) is 4.17. The molecule has 2 saturated heterocycles. The summed E-state index contributed by atoms with van der Waals surface area (Å²) in [6.07, 6.45) is 6.29. The Labute approximate surface area is 152 Å². The molecular weight excluding hydrogens is 332 g/mol. The van der Waals surface area contributed by atoms with Crippen LogP contribution in [0.2, 0.25) is 0 Å². The van der Waals surface area contributed by atoms with Crippen LogP contribution in [0.1, 0.15) is 53.8 Å². The van der Waals surface area contributed by atoms with E-state index in [2.05, 4.69) is 15.1 Å². The fraction of sp³-hybridized carbons (Fsp3) is 0.579. The second kappa shape index (κ2) is 7.95. The van der Waals surface area contributed by atoms with Crippen LogP contribution >= 0.6 is 0 Å². The Hall–Kier alpha value is -2.28. The van der Waals surface area contributed by atoms with Crippen LogP contribution in [0.25, 0.3) is 0 Å². The molecule has 0 atom stereocenters. The van der Waals surface area contributed by atoms with Crippen LogP contribution in [0.5, 0.6) is 0 Å². The van der Waals surface area contributed by atoms with Crippen molar-refractivity contribution in [2.45, 2.75) is 38.0 Å². The van der Waals surface area contributed by atoms with Crippen LogP contribution in [0, 0.1) is 5.92 Å². The van der Waals surface area contributed by atoms with Crippen molar-refractivity contribution < 1.29 is 14.1 Å². The van der Waals surface area contributed by atoms with Gasteiger partial charge < -0.3 is 14.2 Å². The largest absolute Gasteiger partial charge is 0.381 e. The lowest BCUT2D eigenvalue weighted by molar-refractivity contribution is 0.0681. The van der Waals surface area contributed by atoms with E-state index in [-0.39, 0.29) is 5.91 Å². The molecule has 4 heterocycles. The molecule has 0 N–H and O–H groups in total. The first-order valence-corrected chi connectivity index (χ1v) is 9.40. The highest BCUT2D eigenvalue weighted by Crippen LogP contribution is 2.26. The molecule has 4 rings (SSSR count). The number of likely N-dealkylation sites (tertiary alicyclic amines) is 1. The number of hydrogen-bond donors (Lipinski definition) is 0. The molecule has 2 aromatic heterocycles. The summed E-state index contributed by atoms with van der Waals surface area (Å²) in [6.45, 7) is 3.05. The van der Waals surface area contributed by atoms with Crippen LogP contribution in [0.15, 0.2) is 28.9 Å². The Balaban J connectivity index is 1.29. The fourth-order valence-electron chi connectivity index (χ4n) is 3.71. The van der Waals surface area contributed by atoms with Gasteiger partial charge in [0.25, 0.3) is 5.91 Å². The molecule has 1 amide bonds. The summed E-state index contributed by atoms with van der Waals surface area (Å²) in [7, 11) is 0. The first-order valence-electron chi connectivity index (χ1n) is 9.40. The minimum absolute atomic E-state index is 0.0173. The molecule has 0 unspecified atom stereocenters. The van der Waals surface area contributed by atoms with Gasteiger partial charge in [0, 0.05) is 44.8 Å². The summed E-state index contributed by atoms with van der Waals surface area (Å²) >= 11 is 0. The van der Waals surface area contributed by atoms with Crippen LogP contribution in [-0.2, 0) is 11.2 Å². The third kappa shape index (κ3) is 3.93. The first kappa shape index (κ1) is 17.1. The number of aromatic nitrogens is 3. The van der Waals surface area contributed by atoms with Gasteiger partial charge in [-0.1, -0.05) is 11.2 Å². The molecule has 26 heavy (non-hydrogen) atoms. The number of amides is 1. The lowest BCUT2D eigenvalue weighted by Crippen LogP contribution is -2.39. The van der Waals surface area contributed by atoms with Gasteiger partial charge in [-0.05, 0) is 43.7 Å². The van der Waals surface area contributed by atoms with Crippen molar-refractivity contribution in [2.24, 2.45) is 5.92 Å². The Morgan fingerprint density at radius 3 is 2.69 bits per heavy atom. The summed E-state index contributed by atoms with van der Waals surface area (Å²) in [5.74, 6) is 2.40. The molecular formula is C19H24N4O3. The van der Waals surface area contributed by atoms with Crippen LogP contribution in [-0.4, -0.2) is 52.2 Å². The minimum atomic E-state index is 0.0173. The smallest absolute Gasteiger partial charge is 0.272 e. The Morgan fingerprint density at radius 2 is 1.96 bits per heavy atom. The monoisotopic (exact) mass is 356 g/mol. The topological polar surface area (TPSA) is 81.4 Å². The van der Waals surface area contributed by atoms with Crippen molar-refractivity contribution in [3.63, 3.8) is 0 Å². The first-order chi connectivity index (χ1) is 12.8. The molecule has 2 aliphatic rings. The average molecular weight is 356 g/mol. The zero-order valence-electron chi connectivity index (χ0n) is 14.8. The van der Waals surface area contributed by atoms with E-state index >= 15 is 0 Å². The van der Waals surface area contributed by atoms with E-state index in [4.69, 9.17) is 9.26 Å². The van der Waals surface area contributed by atoms with Crippen molar-refractivity contribution in [1.82, 2.24) is 20.0 Å². The van der Waals surface area contributed by atoms with Crippen molar-refractivity contribution in [1.29, 1.82) is 0 Å². The fourth-order valence-corrected chi connectivity index (χ4v) is 3.71. The molecule has 0 aromatic carbocycles.